The lowest BCUT2D eigenvalue weighted by Crippen LogP contribution is -2.89. The van der Waals surface area contributed by atoms with Crippen LogP contribution in [-0.4, -0.2) is 35.1 Å². The second kappa shape index (κ2) is 6.53. The third-order valence-corrected chi connectivity index (χ3v) is 5.06. The van der Waals surface area contributed by atoms with Crippen LogP contribution in [0.5, 0.6) is 0 Å². The first-order chi connectivity index (χ1) is 12.6. The molecule has 0 aliphatic carbocycles. The Bertz CT molecular complexity index is 831. The van der Waals surface area contributed by atoms with Gasteiger partial charge in [-0.05, 0) is 31.4 Å². The molecule has 1 aromatic heterocycles. The fourth-order valence-electron chi connectivity index (χ4n) is 3.82. The molecule has 0 unspecified atom stereocenters. The van der Waals surface area contributed by atoms with Crippen LogP contribution in [0.1, 0.15) is 24.0 Å². The number of aryl methyl sites for hydroxylation is 1. The Morgan fingerprint density at radius 3 is 2.96 bits per heavy atom. The first-order valence-corrected chi connectivity index (χ1v) is 8.85. The summed E-state index contributed by atoms with van der Waals surface area (Å²) >= 11 is 0. The van der Waals surface area contributed by atoms with E-state index in [1.807, 2.05) is 0 Å². The van der Waals surface area contributed by atoms with Gasteiger partial charge in [-0.25, -0.2) is 14.2 Å². The highest BCUT2D eigenvalue weighted by atomic mass is 19.1. The number of rotatable bonds is 2. The Labute approximate surface area is 151 Å². The number of urea groups is 1. The van der Waals surface area contributed by atoms with E-state index in [-0.39, 0.29) is 24.6 Å². The third kappa shape index (κ3) is 2.76. The summed E-state index contributed by atoms with van der Waals surface area (Å²) in [6, 6.07) is 4.57. The normalized spacial score (nSPS) is 20.2. The van der Waals surface area contributed by atoms with E-state index in [4.69, 9.17) is 5.73 Å². The topological polar surface area (TPSA) is 92.0 Å². The van der Waals surface area contributed by atoms with Crippen LogP contribution in [-0.2, 0) is 6.54 Å². The molecular formula is C18H22FN6O+. The SMILES string of the molecule is Cc1cccc(F)c1N1Cc2cnc(N)nc2N([C@H]2CCC[NH2+]C2)C1=O. The smallest absolute Gasteiger partial charge is 0.331 e. The lowest BCUT2D eigenvalue weighted by molar-refractivity contribution is -0.663. The Balaban J connectivity index is 1.82. The minimum atomic E-state index is -0.409. The number of nitrogens with zero attached hydrogens (tertiary/aromatic N) is 4. The molecule has 1 fully saturated rings. The summed E-state index contributed by atoms with van der Waals surface area (Å²) in [4.78, 5) is 24.9. The van der Waals surface area contributed by atoms with Crippen molar-refractivity contribution in [3.8, 4) is 0 Å². The van der Waals surface area contributed by atoms with Gasteiger partial charge in [0.15, 0.2) is 0 Å². The highest BCUT2D eigenvalue weighted by Gasteiger charge is 2.39. The number of quaternary nitrogens is 1. The molecule has 4 N–H and O–H groups in total. The predicted molar refractivity (Wildman–Crippen MR) is 96.3 cm³/mol. The van der Waals surface area contributed by atoms with Crippen molar-refractivity contribution in [1.82, 2.24) is 9.97 Å². The second-order valence-corrected chi connectivity index (χ2v) is 6.83. The van der Waals surface area contributed by atoms with Crippen molar-refractivity contribution in [2.24, 2.45) is 0 Å². The lowest BCUT2D eigenvalue weighted by Gasteiger charge is -2.40. The molecule has 136 valence electrons. The average molecular weight is 357 g/mol. The summed E-state index contributed by atoms with van der Waals surface area (Å²) in [5.41, 5.74) is 7.57. The number of fused-ring (bicyclic) bond motifs is 1. The van der Waals surface area contributed by atoms with Gasteiger partial charge in [0.05, 0.1) is 31.4 Å². The number of anilines is 3. The van der Waals surface area contributed by atoms with Crippen LogP contribution >= 0.6 is 0 Å². The summed E-state index contributed by atoms with van der Waals surface area (Å²) in [5, 5.41) is 2.19. The van der Waals surface area contributed by atoms with E-state index in [0.29, 0.717) is 17.1 Å². The molecule has 2 aliphatic heterocycles. The monoisotopic (exact) mass is 357 g/mol. The Morgan fingerprint density at radius 1 is 1.38 bits per heavy atom. The molecule has 1 aromatic carbocycles. The van der Waals surface area contributed by atoms with Crippen molar-refractivity contribution in [1.29, 1.82) is 0 Å². The Morgan fingerprint density at radius 2 is 2.23 bits per heavy atom. The molecule has 2 aliphatic rings. The number of hydrogen-bond donors (Lipinski definition) is 2. The first kappa shape index (κ1) is 16.7. The van der Waals surface area contributed by atoms with E-state index in [2.05, 4.69) is 15.3 Å². The van der Waals surface area contributed by atoms with Crippen molar-refractivity contribution in [2.75, 3.05) is 28.6 Å². The number of para-hydroxylation sites is 1. The third-order valence-electron chi connectivity index (χ3n) is 5.06. The fourth-order valence-corrected chi connectivity index (χ4v) is 3.82. The maximum absolute atomic E-state index is 14.5. The Hall–Kier alpha value is -2.74. The van der Waals surface area contributed by atoms with Crippen LogP contribution in [0.4, 0.5) is 26.6 Å². The summed E-state index contributed by atoms with van der Waals surface area (Å²) in [5.74, 6) is 0.276. The quantitative estimate of drug-likeness (QED) is 0.844. The van der Waals surface area contributed by atoms with Crippen molar-refractivity contribution in [2.45, 2.75) is 32.4 Å². The summed E-state index contributed by atoms with van der Waals surface area (Å²) < 4.78 is 14.5. The predicted octanol–water partition coefficient (Wildman–Crippen LogP) is 1.18. The largest absolute Gasteiger partial charge is 0.368 e. The lowest BCUT2D eigenvalue weighted by atomic mass is 10.0. The summed E-state index contributed by atoms with van der Waals surface area (Å²) in [6.45, 7) is 3.87. The molecule has 2 amide bonds. The van der Waals surface area contributed by atoms with E-state index in [9.17, 15) is 9.18 Å². The van der Waals surface area contributed by atoms with Gasteiger partial charge >= 0.3 is 6.03 Å². The van der Waals surface area contributed by atoms with E-state index < -0.39 is 5.82 Å². The standard InChI is InChI=1S/C18H21FN6O/c1-11-4-2-6-14(19)15(11)24-10-12-8-22-17(20)23-16(12)25(18(24)26)13-5-3-7-21-9-13/h2,4,6,8,13,21H,3,5,7,9-10H2,1H3,(H2,20,22,23)/p+1/t13-/m0/s1. The molecule has 0 bridgehead atoms. The van der Waals surface area contributed by atoms with Gasteiger partial charge in [-0.3, -0.25) is 9.80 Å². The molecule has 3 heterocycles. The zero-order chi connectivity index (χ0) is 18.3. The minimum Gasteiger partial charge on any atom is -0.368 e. The zero-order valence-corrected chi connectivity index (χ0v) is 14.7. The minimum absolute atomic E-state index is 0.000760. The van der Waals surface area contributed by atoms with E-state index >= 15 is 0 Å². The highest BCUT2D eigenvalue weighted by molar-refractivity contribution is 6.06. The number of benzene rings is 1. The van der Waals surface area contributed by atoms with Gasteiger partial charge in [0, 0.05) is 11.8 Å². The van der Waals surface area contributed by atoms with Gasteiger partial charge in [-0.15, -0.1) is 0 Å². The van der Waals surface area contributed by atoms with Crippen LogP contribution in [0.25, 0.3) is 0 Å². The number of carbonyl (C=O) groups is 1. The van der Waals surface area contributed by atoms with Gasteiger partial charge in [0.1, 0.15) is 11.6 Å². The van der Waals surface area contributed by atoms with Crippen LogP contribution in [0, 0.1) is 12.7 Å². The number of piperidine rings is 1. The molecule has 26 heavy (non-hydrogen) atoms. The molecule has 1 atom stereocenters. The zero-order valence-electron chi connectivity index (χ0n) is 14.7. The van der Waals surface area contributed by atoms with Crippen molar-refractivity contribution >= 4 is 23.5 Å². The maximum Gasteiger partial charge on any atom is 0.331 e. The molecule has 0 spiro atoms. The number of amides is 2. The van der Waals surface area contributed by atoms with Gasteiger partial charge in [0.25, 0.3) is 0 Å². The maximum atomic E-state index is 14.5. The molecule has 8 heteroatoms. The molecule has 1 saturated heterocycles. The molecule has 7 nitrogen and oxygen atoms in total. The van der Waals surface area contributed by atoms with Gasteiger partial charge in [-0.1, -0.05) is 12.1 Å². The van der Waals surface area contributed by atoms with Crippen molar-refractivity contribution in [3.05, 3.63) is 41.3 Å². The summed E-state index contributed by atoms with van der Waals surface area (Å²) in [6.07, 6.45) is 3.53. The number of nitrogens with two attached hydrogens (primary N) is 2. The first-order valence-electron chi connectivity index (χ1n) is 8.85. The van der Waals surface area contributed by atoms with E-state index in [1.54, 1.807) is 30.2 Å². The van der Waals surface area contributed by atoms with Crippen molar-refractivity contribution in [3.63, 3.8) is 0 Å². The molecule has 0 radical (unpaired) electrons. The van der Waals surface area contributed by atoms with E-state index in [1.165, 1.54) is 11.0 Å². The highest BCUT2D eigenvalue weighted by Crippen LogP contribution is 2.35. The number of halogens is 1. The number of aromatic nitrogens is 2. The molecule has 0 saturated carbocycles. The van der Waals surface area contributed by atoms with Crippen LogP contribution in [0.2, 0.25) is 0 Å². The van der Waals surface area contributed by atoms with Gasteiger partial charge in [0.2, 0.25) is 5.95 Å². The molecule has 2 aromatic rings. The van der Waals surface area contributed by atoms with Crippen LogP contribution < -0.4 is 20.9 Å². The molecule has 4 rings (SSSR count). The fraction of sp³-hybridized carbons (Fsp3) is 0.389. The van der Waals surface area contributed by atoms with Gasteiger partial charge < -0.3 is 11.1 Å². The van der Waals surface area contributed by atoms with Crippen molar-refractivity contribution < 1.29 is 14.5 Å². The number of carbonyl (C=O) groups excluding carboxylic acids is 1. The van der Waals surface area contributed by atoms with Crippen LogP contribution in [0.3, 0.4) is 0 Å². The summed E-state index contributed by atoms with van der Waals surface area (Å²) in [7, 11) is 0. The Kier molecular flexibility index (Phi) is 4.20. The number of nitrogen functional groups attached to an aromatic ring is 1. The number of hydrogen-bond acceptors (Lipinski definition) is 4. The average Bonchev–Trinajstić information content (AvgIpc) is 2.63. The molecular weight excluding hydrogens is 335 g/mol. The second-order valence-electron chi connectivity index (χ2n) is 6.83. The van der Waals surface area contributed by atoms with Gasteiger partial charge in [-0.2, -0.15) is 4.98 Å². The van der Waals surface area contributed by atoms with E-state index in [0.717, 1.165) is 31.5 Å². The van der Waals surface area contributed by atoms with Crippen LogP contribution in [0.15, 0.2) is 24.4 Å².